The SMILES string of the molecule is CSCC[C@H](NC(=O)[C@H](CC(C)C)NC(=O)C(C)(C)NC(=O)[C@H](Cc1ccccc1)NC(=O)[C@H](Cc1cnc[nH]1)NC(=O)c1ccc(Cl)cc1)C(N)=O. The van der Waals surface area contributed by atoms with E-state index in [0.29, 0.717) is 22.9 Å². The van der Waals surface area contributed by atoms with E-state index in [1.54, 1.807) is 36.4 Å². The standard InChI is InChI=1S/C37H49ClN8O6S/c1-22(2)17-28(33(49)42-27(31(39)47)15-16-53-5)45-36(52)37(3,4)46-35(51)29(18-23-9-7-6-8-10-23)44-34(50)30(19-26-20-40-21-41-26)43-32(48)24-11-13-25(38)14-12-24/h6-14,20-22,27-30H,15-19H2,1-5H3,(H2,39,47)(H,40,41)(H,42,49)(H,43,48)(H,44,50)(H,45,52)(H,46,51)/t27-,28-,29-,30-/m0/s1. The highest BCUT2D eigenvalue weighted by Gasteiger charge is 2.37. The average molecular weight is 769 g/mol. The molecular weight excluding hydrogens is 720 g/mol. The molecule has 2 aromatic carbocycles. The van der Waals surface area contributed by atoms with Gasteiger partial charge in [-0.2, -0.15) is 11.8 Å². The third-order valence-corrected chi connectivity index (χ3v) is 9.12. The van der Waals surface area contributed by atoms with Crippen molar-refractivity contribution in [3.8, 4) is 0 Å². The first-order valence-electron chi connectivity index (χ1n) is 17.2. The van der Waals surface area contributed by atoms with Gasteiger partial charge in [0.05, 0.1) is 6.33 Å². The van der Waals surface area contributed by atoms with E-state index in [-0.39, 0.29) is 30.7 Å². The maximum Gasteiger partial charge on any atom is 0.251 e. The van der Waals surface area contributed by atoms with E-state index in [0.717, 1.165) is 5.56 Å². The Hall–Kier alpha value is -4.89. The van der Waals surface area contributed by atoms with Crippen LogP contribution in [0.4, 0.5) is 0 Å². The number of halogens is 1. The van der Waals surface area contributed by atoms with Crippen LogP contribution in [0.15, 0.2) is 67.1 Å². The summed E-state index contributed by atoms with van der Waals surface area (Å²) in [5, 5.41) is 14.1. The summed E-state index contributed by atoms with van der Waals surface area (Å²) >= 11 is 7.49. The molecule has 16 heteroatoms. The zero-order chi connectivity index (χ0) is 39.1. The molecule has 0 fully saturated rings. The summed E-state index contributed by atoms with van der Waals surface area (Å²) in [5.74, 6) is -3.20. The maximum absolute atomic E-state index is 14.0. The van der Waals surface area contributed by atoms with Crippen molar-refractivity contribution in [2.75, 3.05) is 12.0 Å². The second kappa shape index (κ2) is 20.4. The Morgan fingerprint density at radius 3 is 2.04 bits per heavy atom. The fourth-order valence-electron chi connectivity index (χ4n) is 5.29. The first kappa shape index (κ1) is 42.5. The zero-order valence-corrected chi connectivity index (χ0v) is 32.1. The Labute approximate surface area is 318 Å². The van der Waals surface area contributed by atoms with Gasteiger partial charge in [0.1, 0.15) is 29.7 Å². The van der Waals surface area contributed by atoms with Crippen LogP contribution >= 0.6 is 23.4 Å². The lowest BCUT2D eigenvalue weighted by Gasteiger charge is -2.31. The van der Waals surface area contributed by atoms with Crippen LogP contribution in [0.1, 0.15) is 62.2 Å². The second-order valence-corrected chi connectivity index (χ2v) is 15.0. The number of thioether (sulfide) groups is 1. The molecule has 1 heterocycles. The minimum absolute atomic E-state index is 0.0117. The molecule has 8 N–H and O–H groups in total. The van der Waals surface area contributed by atoms with E-state index in [1.165, 1.54) is 50.3 Å². The van der Waals surface area contributed by atoms with Crippen LogP contribution in [0.2, 0.25) is 5.02 Å². The van der Waals surface area contributed by atoms with Gasteiger partial charge in [-0.25, -0.2) is 4.98 Å². The van der Waals surface area contributed by atoms with E-state index in [2.05, 4.69) is 36.6 Å². The van der Waals surface area contributed by atoms with Crippen LogP contribution in [-0.4, -0.2) is 87.1 Å². The Balaban J connectivity index is 1.82. The number of H-pyrrole nitrogens is 1. The Kier molecular flexibility index (Phi) is 16.3. The van der Waals surface area contributed by atoms with Gasteiger partial charge in [-0.05, 0) is 74.4 Å². The lowest BCUT2D eigenvalue weighted by molar-refractivity contribution is -0.137. The number of hydrogen-bond donors (Lipinski definition) is 7. The smallest absolute Gasteiger partial charge is 0.251 e. The van der Waals surface area contributed by atoms with Crippen molar-refractivity contribution >= 4 is 58.8 Å². The molecule has 0 saturated carbocycles. The number of nitrogens with two attached hydrogens (primary N) is 1. The van der Waals surface area contributed by atoms with Crippen LogP contribution in [0.5, 0.6) is 0 Å². The van der Waals surface area contributed by atoms with Gasteiger partial charge in [0.15, 0.2) is 0 Å². The van der Waals surface area contributed by atoms with Crippen LogP contribution in [0.3, 0.4) is 0 Å². The molecule has 286 valence electrons. The molecule has 4 atom stereocenters. The molecular formula is C37H49ClN8O6S. The number of carbonyl (C=O) groups excluding carboxylic acids is 6. The molecule has 0 unspecified atom stereocenters. The molecule has 0 bridgehead atoms. The van der Waals surface area contributed by atoms with Gasteiger partial charge in [0, 0.05) is 35.3 Å². The number of hydrogen-bond acceptors (Lipinski definition) is 8. The Bertz CT molecular complexity index is 1690. The summed E-state index contributed by atoms with van der Waals surface area (Å²) in [6.45, 7) is 6.72. The quantitative estimate of drug-likeness (QED) is 0.0903. The molecule has 0 radical (unpaired) electrons. The van der Waals surface area contributed by atoms with Crippen molar-refractivity contribution in [1.82, 2.24) is 36.6 Å². The number of nitrogens with one attached hydrogen (secondary N) is 6. The predicted molar refractivity (Wildman–Crippen MR) is 205 cm³/mol. The molecule has 14 nitrogen and oxygen atoms in total. The number of aromatic amines is 1. The van der Waals surface area contributed by atoms with Gasteiger partial charge in [-0.3, -0.25) is 28.8 Å². The normalized spacial score (nSPS) is 13.6. The van der Waals surface area contributed by atoms with Crippen molar-refractivity contribution in [2.24, 2.45) is 11.7 Å². The monoisotopic (exact) mass is 768 g/mol. The number of imidazole rings is 1. The van der Waals surface area contributed by atoms with Crippen LogP contribution < -0.4 is 32.3 Å². The summed E-state index contributed by atoms with van der Waals surface area (Å²) in [5.41, 5.74) is 5.52. The van der Waals surface area contributed by atoms with Gasteiger partial charge in [0.25, 0.3) is 5.91 Å². The molecule has 0 aliphatic heterocycles. The van der Waals surface area contributed by atoms with Gasteiger partial charge < -0.3 is 37.3 Å². The van der Waals surface area contributed by atoms with Crippen molar-refractivity contribution < 1.29 is 28.8 Å². The minimum atomic E-state index is -1.56. The molecule has 53 heavy (non-hydrogen) atoms. The highest BCUT2D eigenvalue weighted by molar-refractivity contribution is 7.98. The topological polar surface area (TPSA) is 217 Å². The number of benzene rings is 2. The lowest BCUT2D eigenvalue weighted by Crippen LogP contribution is -2.63. The highest BCUT2D eigenvalue weighted by Crippen LogP contribution is 2.13. The molecule has 1 aromatic heterocycles. The summed E-state index contributed by atoms with van der Waals surface area (Å²) in [6.07, 6.45) is 5.51. The number of aromatic nitrogens is 2. The first-order chi connectivity index (χ1) is 25.1. The number of amides is 6. The van der Waals surface area contributed by atoms with Gasteiger partial charge >= 0.3 is 0 Å². The fourth-order valence-corrected chi connectivity index (χ4v) is 5.88. The van der Waals surface area contributed by atoms with E-state index in [1.807, 2.05) is 26.2 Å². The Morgan fingerprint density at radius 2 is 1.45 bits per heavy atom. The van der Waals surface area contributed by atoms with E-state index >= 15 is 0 Å². The van der Waals surface area contributed by atoms with Crippen LogP contribution in [0.25, 0.3) is 0 Å². The number of nitrogens with zero attached hydrogens (tertiary/aromatic N) is 1. The lowest BCUT2D eigenvalue weighted by atomic mass is 9.98. The predicted octanol–water partition coefficient (Wildman–Crippen LogP) is 2.28. The van der Waals surface area contributed by atoms with Crippen LogP contribution in [-0.2, 0) is 36.8 Å². The maximum atomic E-state index is 14.0. The largest absolute Gasteiger partial charge is 0.368 e. The summed E-state index contributed by atoms with van der Waals surface area (Å²) < 4.78 is 0. The van der Waals surface area contributed by atoms with Crippen molar-refractivity contribution in [3.63, 3.8) is 0 Å². The molecule has 3 rings (SSSR count). The molecule has 6 amide bonds. The third-order valence-electron chi connectivity index (χ3n) is 8.23. The molecule has 0 aliphatic rings. The molecule has 0 saturated heterocycles. The molecule has 0 aliphatic carbocycles. The summed E-state index contributed by atoms with van der Waals surface area (Å²) in [6, 6.07) is 10.9. The van der Waals surface area contributed by atoms with Gasteiger partial charge in [0.2, 0.25) is 29.5 Å². The van der Waals surface area contributed by atoms with E-state index < -0.39 is 65.1 Å². The van der Waals surface area contributed by atoms with E-state index in [9.17, 15) is 28.8 Å². The highest BCUT2D eigenvalue weighted by atomic mass is 35.5. The van der Waals surface area contributed by atoms with Crippen molar-refractivity contribution in [3.05, 3.63) is 89.0 Å². The summed E-state index contributed by atoms with van der Waals surface area (Å²) in [4.78, 5) is 87.0. The first-order valence-corrected chi connectivity index (χ1v) is 19.0. The van der Waals surface area contributed by atoms with Crippen molar-refractivity contribution in [2.45, 2.75) is 83.1 Å². The molecule has 3 aromatic rings. The zero-order valence-electron chi connectivity index (χ0n) is 30.5. The average Bonchev–Trinajstić information content (AvgIpc) is 3.62. The van der Waals surface area contributed by atoms with Gasteiger partial charge in [-0.15, -0.1) is 0 Å². The second-order valence-electron chi connectivity index (χ2n) is 13.6. The Morgan fingerprint density at radius 1 is 0.830 bits per heavy atom. The van der Waals surface area contributed by atoms with Crippen LogP contribution in [0, 0.1) is 5.92 Å². The minimum Gasteiger partial charge on any atom is -0.368 e. The fraction of sp³-hybridized carbons (Fsp3) is 0.432. The number of primary amides is 1. The summed E-state index contributed by atoms with van der Waals surface area (Å²) in [7, 11) is 0. The number of rotatable bonds is 20. The third kappa shape index (κ3) is 13.9. The number of carbonyl (C=O) groups is 6. The van der Waals surface area contributed by atoms with Gasteiger partial charge in [-0.1, -0.05) is 55.8 Å². The van der Waals surface area contributed by atoms with Crippen molar-refractivity contribution in [1.29, 1.82) is 0 Å². The molecule has 0 spiro atoms. The van der Waals surface area contributed by atoms with E-state index in [4.69, 9.17) is 17.3 Å².